The summed E-state index contributed by atoms with van der Waals surface area (Å²) in [4.78, 5) is 40.8. The third kappa shape index (κ3) is 4.44. The fourth-order valence-electron chi connectivity index (χ4n) is 4.15. The van der Waals surface area contributed by atoms with E-state index >= 15 is 0 Å². The van der Waals surface area contributed by atoms with Gasteiger partial charge < -0.3 is 19.5 Å². The number of ether oxygens (including phenoxy) is 1. The van der Waals surface area contributed by atoms with Gasteiger partial charge in [0, 0.05) is 44.0 Å². The zero-order valence-electron chi connectivity index (χ0n) is 17.9. The maximum Gasteiger partial charge on any atom is 0.252 e. The van der Waals surface area contributed by atoms with Gasteiger partial charge in [0.1, 0.15) is 11.6 Å². The number of nitrogens with zero attached hydrogens (tertiary/aromatic N) is 4. The molecule has 0 aliphatic carbocycles. The molecule has 0 atom stereocenters. The van der Waals surface area contributed by atoms with Gasteiger partial charge in [0.15, 0.2) is 0 Å². The number of fused-ring (bicyclic) bond motifs is 1. The monoisotopic (exact) mass is 421 g/mol. The summed E-state index contributed by atoms with van der Waals surface area (Å²) in [6.07, 6.45) is 4.75. The molecule has 2 aliphatic rings. The number of benzene rings is 1. The van der Waals surface area contributed by atoms with Crippen molar-refractivity contribution in [3.8, 4) is 0 Å². The SMILES string of the molecule is CC=CC(=NC)c1cccc2c1CCN2C(=O)Cc1nc(N2CCOCC2)cc(=O)[nH]1. The average Bonchev–Trinajstić information content (AvgIpc) is 3.22. The van der Waals surface area contributed by atoms with E-state index in [2.05, 4.69) is 15.0 Å². The highest BCUT2D eigenvalue weighted by Crippen LogP contribution is 2.31. The average molecular weight is 422 g/mol. The van der Waals surface area contributed by atoms with Gasteiger partial charge in [0.05, 0.1) is 25.3 Å². The van der Waals surface area contributed by atoms with Crippen LogP contribution in [0.5, 0.6) is 0 Å². The summed E-state index contributed by atoms with van der Waals surface area (Å²) in [6, 6.07) is 7.43. The fraction of sp³-hybridized carbons (Fsp3) is 0.391. The Kier molecular flexibility index (Phi) is 6.27. The predicted molar refractivity (Wildman–Crippen MR) is 121 cm³/mol. The number of carbonyl (C=O) groups is 1. The van der Waals surface area contributed by atoms with Crippen molar-refractivity contribution in [1.82, 2.24) is 9.97 Å². The summed E-state index contributed by atoms with van der Waals surface area (Å²) in [5.41, 5.74) is 3.73. The second-order valence-corrected chi connectivity index (χ2v) is 7.53. The van der Waals surface area contributed by atoms with E-state index in [1.165, 1.54) is 6.07 Å². The minimum Gasteiger partial charge on any atom is -0.378 e. The molecule has 8 nitrogen and oxygen atoms in total. The minimum atomic E-state index is -0.251. The van der Waals surface area contributed by atoms with E-state index in [1.54, 1.807) is 11.9 Å². The third-order valence-corrected chi connectivity index (χ3v) is 5.60. The molecule has 1 fully saturated rings. The maximum absolute atomic E-state index is 13.1. The Morgan fingerprint density at radius 2 is 2.10 bits per heavy atom. The Bertz CT molecular complexity index is 1080. The lowest BCUT2D eigenvalue weighted by atomic mass is 10.00. The van der Waals surface area contributed by atoms with Gasteiger partial charge in [-0.2, -0.15) is 0 Å². The number of aromatic amines is 1. The number of H-pyrrole nitrogens is 1. The zero-order chi connectivity index (χ0) is 21.8. The second kappa shape index (κ2) is 9.26. The lowest BCUT2D eigenvalue weighted by molar-refractivity contribution is -0.118. The van der Waals surface area contributed by atoms with Crippen molar-refractivity contribution in [2.45, 2.75) is 19.8 Å². The van der Waals surface area contributed by atoms with Crippen LogP contribution >= 0.6 is 0 Å². The van der Waals surface area contributed by atoms with Crippen LogP contribution in [0.15, 0.2) is 46.2 Å². The first-order valence-electron chi connectivity index (χ1n) is 10.6. The van der Waals surface area contributed by atoms with E-state index in [0.717, 1.165) is 28.9 Å². The summed E-state index contributed by atoms with van der Waals surface area (Å²) in [5.74, 6) is 0.890. The molecule has 3 heterocycles. The van der Waals surface area contributed by atoms with Gasteiger partial charge in [-0.15, -0.1) is 0 Å². The van der Waals surface area contributed by atoms with Crippen molar-refractivity contribution in [2.24, 2.45) is 4.99 Å². The molecule has 2 aromatic rings. The number of aliphatic imine (C=N–C) groups is 1. The topological polar surface area (TPSA) is 90.9 Å². The van der Waals surface area contributed by atoms with Crippen LogP contribution in [0, 0.1) is 0 Å². The number of nitrogens with one attached hydrogen (secondary N) is 1. The quantitative estimate of drug-likeness (QED) is 0.743. The van der Waals surface area contributed by atoms with Gasteiger partial charge in [-0.3, -0.25) is 14.6 Å². The Balaban J connectivity index is 1.57. The molecule has 1 amide bonds. The van der Waals surface area contributed by atoms with Gasteiger partial charge in [-0.25, -0.2) is 4.98 Å². The Morgan fingerprint density at radius 3 is 2.84 bits per heavy atom. The third-order valence-electron chi connectivity index (χ3n) is 5.60. The van der Waals surface area contributed by atoms with Crippen LogP contribution in [0.25, 0.3) is 0 Å². The first kappa shape index (κ1) is 21.0. The van der Waals surface area contributed by atoms with E-state index < -0.39 is 0 Å². The van der Waals surface area contributed by atoms with E-state index in [4.69, 9.17) is 4.74 Å². The normalized spacial score (nSPS) is 16.8. The van der Waals surface area contributed by atoms with E-state index in [9.17, 15) is 9.59 Å². The highest BCUT2D eigenvalue weighted by atomic mass is 16.5. The predicted octanol–water partition coefficient (Wildman–Crippen LogP) is 1.73. The van der Waals surface area contributed by atoms with Crippen molar-refractivity contribution in [3.63, 3.8) is 0 Å². The van der Waals surface area contributed by atoms with Crippen LogP contribution in [-0.4, -0.2) is 61.5 Å². The number of morpholine rings is 1. The van der Waals surface area contributed by atoms with E-state index in [0.29, 0.717) is 44.5 Å². The standard InChI is InChI=1S/C23H27N5O3/c1-3-5-18(24-2)16-6-4-7-19-17(16)8-9-28(19)23(30)14-20-25-21(15-22(29)26-20)27-10-12-31-13-11-27/h3-7,15H,8-14H2,1-2H3,(H,25,26,29). The van der Waals surface area contributed by atoms with Gasteiger partial charge in [0.25, 0.3) is 5.56 Å². The molecule has 1 aromatic heterocycles. The molecule has 31 heavy (non-hydrogen) atoms. The van der Waals surface area contributed by atoms with Gasteiger partial charge in [-0.05, 0) is 31.1 Å². The van der Waals surface area contributed by atoms with Crippen LogP contribution < -0.4 is 15.4 Å². The summed E-state index contributed by atoms with van der Waals surface area (Å²) in [6.45, 7) is 5.13. The molecule has 1 N–H and O–H groups in total. The van der Waals surface area contributed by atoms with Crippen molar-refractivity contribution >= 4 is 23.1 Å². The molecular formula is C23H27N5O3. The second-order valence-electron chi connectivity index (χ2n) is 7.53. The Labute approximate surface area is 181 Å². The molecule has 162 valence electrons. The Hall–Kier alpha value is -3.26. The maximum atomic E-state index is 13.1. The van der Waals surface area contributed by atoms with Gasteiger partial charge >= 0.3 is 0 Å². The summed E-state index contributed by atoms with van der Waals surface area (Å²) in [5, 5.41) is 0. The van der Waals surface area contributed by atoms with Crippen LogP contribution in [0.3, 0.4) is 0 Å². The van der Waals surface area contributed by atoms with E-state index in [1.807, 2.05) is 42.2 Å². The largest absolute Gasteiger partial charge is 0.378 e. The molecule has 4 rings (SSSR count). The number of hydrogen-bond donors (Lipinski definition) is 1. The molecule has 0 bridgehead atoms. The van der Waals surface area contributed by atoms with Crippen LogP contribution in [0.1, 0.15) is 23.9 Å². The minimum absolute atomic E-state index is 0.0423. The highest BCUT2D eigenvalue weighted by Gasteiger charge is 2.28. The number of rotatable bonds is 5. The van der Waals surface area contributed by atoms with Crippen LogP contribution in [0.2, 0.25) is 0 Å². The molecule has 8 heteroatoms. The summed E-state index contributed by atoms with van der Waals surface area (Å²) >= 11 is 0. The van der Waals surface area contributed by atoms with Crippen molar-refractivity contribution < 1.29 is 9.53 Å². The molecule has 0 radical (unpaired) electrons. The number of aromatic nitrogens is 2. The van der Waals surface area contributed by atoms with Crippen molar-refractivity contribution in [1.29, 1.82) is 0 Å². The fourth-order valence-corrected chi connectivity index (χ4v) is 4.15. The number of allylic oxidation sites excluding steroid dienone is 2. The van der Waals surface area contributed by atoms with Gasteiger partial charge in [-0.1, -0.05) is 18.2 Å². The number of carbonyl (C=O) groups excluding carboxylic acids is 1. The van der Waals surface area contributed by atoms with Crippen LogP contribution in [0.4, 0.5) is 11.5 Å². The molecule has 1 aromatic carbocycles. The summed E-state index contributed by atoms with van der Waals surface area (Å²) < 4.78 is 5.37. The molecule has 0 unspecified atom stereocenters. The van der Waals surface area contributed by atoms with Crippen molar-refractivity contribution in [3.05, 3.63) is 63.7 Å². The molecule has 1 saturated heterocycles. The first-order valence-corrected chi connectivity index (χ1v) is 10.6. The van der Waals surface area contributed by atoms with Crippen molar-refractivity contribution in [2.75, 3.05) is 49.7 Å². The lowest BCUT2D eigenvalue weighted by Gasteiger charge is -2.27. The number of amides is 1. The van der Waals surface area contributed by atoms with E-state index in [-0.39, 0.29) is 17.9 Å². The van der Waals surface area contributed by atoms with Gasteiger partial charge in [0.2, 0.25) is 5.91 Å². The molecular weight excluding hydrogens is 394 g/mol. The number of anilines is 2. The molecule has 0 spiro atoms. The zero-order valence-corrected chi connectivity index (χ0v) is 17.9. The van der Waals surface area contributed by atoms with Crippen LogP contribution in [-0.2, 0) is 22.4 Å². The first-order chi connectivity index (χ1) is 15.1. The molecule has 0 saturated carbocycles. The lowest BCUT2D eigenvalue weighted by Crippen LogP contribution is -2.38. The number of hydrogen-bond acceptors (Lipinski definition) is 6. The molecule has 2 aliphatic heterocycles. The summed E-state index contributed by atoms with van der Waals surface area (Å²) in [7, 11) is 1.77. The highest BCUT2D eigenvalue weighted by molar-refractivity contribution is 6.11. The smallest absolute Gasteiger partial charge is 0.252 e. The Morgan fingerprint density at radius 1 is 1.29 bits per heavy atom.